The van der Waals surface area contributed by atoms with Gasteiger partial charge >= 0.3 is 5.97 Å². The van der Waals surface area contributed by atoms with E-state index in [9.17, 15) is 15.0 Å². The molecule has 0 fully saturated rings. The second kappa shape index (κ2) is 18.2. The van der Waals surface area contributed by atoms with E-state index in [-0.39, 0.29) is 12.2 Å². The normalized spacial score (nSPS) is 13.7. The van der Waals surface area contributed by atoms with E-state index in [1.54, 1.807) is 0 Å². The monoisotopic (exact) mass is 358 g/mol. The number of aliphatic hydroxyl groups is 2. The topological polar surface area (TPSA) is 77.8 Å². The van der Waals surface area contributed by atoms with Gasteiger partial charge in [-0.15, -0.1) is 0 Å². The summed E-state index contributed by atoms with van der Waals surface area (Å²) in [6.45, 7) is 2.13. The molecule has 0 amide bonds. The summed E-state index contributed by atoms with van der Waals surface area (Å²) in [6, 6.07) is 0. The van der Waals surface area contributed by atoms with Gasteiger partial charge in [-0.05, 0) is 32.1 Å². The summed E-state index contributed by atoms with van der Waals surface area (Å²) in [5.74, 6) is -0.683. The Kier molecular flexibility index (Phi) is 17.7. The van der Waals surface area contributed by atoms with Crippen LogP contribution < -0.4 is 0 Å². The van der Waals surface area contributed by atoms with Crippen LogP contribution in [0.2, 0.25) is 0 Å². The van der Waals surface area contributed by atoms with Crippen molar-refractivity contribution in [3.8, 4) is 0 Å². The highest BCUT2D eigenvalue weighted by molar-refractivity contribution is 5.66. The smallest absolute Gasteiger partial charge is 0.303 e. The molecule has 0 aromatic carbocycles. The van der Waals surface area contributed by atoms with Crippen molar-refractivity contribution in [1.82, 2.24) is 0 Å². The molecule has 4 nitrogen and oxygen atoms in total. The van der Waals surface area contributed by atoms with Gasteiger partial charge in [0.25, 0.3) is 0 Å². The van der Waals surface area contributed by atoms with E-state index in [4.69, 9.17) is 5.11 Å². The molecule has 3 N–H and O–H groups in total. The third kappa shape index (κ3) is 19.6. The van der Waals surface area contributed by atoms with E-state index in [2.05, 4.69) is 6.92 Å². The predicted molar refractivity (Wildman–Crippen MR) is 104 cm³/mol. The lowest BCUT2D eigenvalue weighted by Crippen LogP contribution is -2.13. The van der Waals surface area contributed by atoms with E-state index in [1.807, 2.05) is 0 Å². The molecule has 0 aliphatic heterocycles. The molecule has 0 aromatic heterocycles. The van der Waals surface area contributed by atoms with Gasteiger partial charge in [0.15, 0.2) is 0 Å². The molecular formula is C21H42O4. The highest BCUT2D eigenvalue weighted by atomic mass is 16.4. The molecule has 0 saturated carbocycles. The van der Waals surface area contributed by atoms with Crippen molar-refractivity contribution in [2.24, 2.45) is 0 Å². The molecule has 2 atom stereocenters. The average Bonchev–Trinajstić information content (AvgIpc) is 2.58. The summed E-state index contributed by atoms with van der Waals surface area (Å²) >= 11 is 0. The predicted octanol–water partition coefficient (Wildman–Crippen LogP) is 5.44. The standard InChI is InChI=1S/C21H42O4/c1-2-3-14-19(22)17-18-20(23)15-12-10-8-6-4-5-7-9-11-13-16-21(24)25/h19-20,22-23H,2-18H2,1H3,(H,24,25). The molecule has 25 heavy (non-hydrogen) atoms. The SMILES string of the molecule is CCCCC(O)CCC(O)CCCCCCCCCCCCC(=O)O. The van der Waals surface area contributed by atoms with E-state index < -0.39 is 5.97 Å². The summed E-state index contributed by atoms with van der Waals surface area (Å²) in [7, 11) is 0. The number of carboxylic acid groups (broad SMARTS) is 1. The third-order valence-electron chi connectivity index (χ3n) is 4.90. The van der Waals surface area contributed by atoms with Gasteiger partial charge in [0.05, 0.1) is 12.2 Å². The van der Waals surface area contributed by atoms with Gasteiger partial charge in [0.2, 0.25) is 0 Å². The first-order chi connectivity index (χ1) is 12.1. The van der Waals surface area contributed by atoms with E-state index in [0.29, 0.717) is 6.42 Å². The maximum Gasteiger partial charge on any atom is 0.303 e. The number of hydrogen-bond acceptors (Lipinski definition) is 3. The van der Waals surface area contributed by atoms with Crippen LogP contribution in [-0.2, 0) is 4.79 Å². The molecule has 0 radical (unpaired) electrons. The molecule has 2 unspecified atom stereocenters. The second-order valence-electron chi connectivity index (χ2n) is 7.50. The fourth-order valence-electron chi connectivity index (χ4n) is 3.18. The molecule has 0 heterocycles. The highest BCUT2D eigenvalue weighted by Crippen LogP contribution is 2.15. The van der Waals surface area contributed by atoms with Crippen molar-refractivity contribution < 1.29 is 20.1 Å². The Hall–Kier alpha value is -0.610. The Bertz CT molecular complexity index is 294. The quantitative estimate of drug-likeness (QED) is 0.268. The Labute approximate surface area is 155 Å². The molecule has 4 heteroatoms. The number of carboxylic acids is 1. The number of aliphatic hydroxyl groups excluding tert-OH is 2. The zero-order valence-corrected chi connectivity index (χ0v) is 16.4. The maximum absolute atomic E-state index is 10.4. The van der Waals surface area contributed by atoms with Crippen molar-refractivity contribution in [1.29, 1.82) is 0 Å². The van der Waals surface area contributed by atoms with Gasteiger partial charge in [-0.25, -0.2) is 0 Å². The summed E-state index contributed by atoms with van der Waals surface area (Å²) in [4.78, 5) is 10.4. The van der Waals surface area contributed by atoms with Crippen LogP contribution in [0.25, 0.3) is 0 Å². The summed E-state index contributed by atoms with van der Waals surface area (Å²) < 4.78 is 0. The fraction of sp³-hybridized carbons (Fsp3) is 0.952. The molecular weight excluding hydrogens is 316 g/mol. The van der Waals surface area contributed by atoms with Gasteiger partial charge < -0.3 is 15.3 Å². The first-order valence-electron chi connectivity index (χ1n) is 10.6. The molecule has 0 bridgehead atoms. The summed E-state index contributed by atoms with van der Waals surface area (Å²) in [5.41, 5.74) is 0. The van der Waals surface area contributed by atoms with Crippen molar-refractivity contribution in [2.45, 2.75) is 128 Å². The number of hydrogen-bond donors (Lipinski definition) is 3. The zero-order valence-electron chi connectivity index (χ0n) is 16.4. The van der Waals surface area contributed by atoms with Gasteiger partial charge in [0.1, 0.15) is 0 Å². The van der Waals surface area contributed by atoms with Gasteiger partial charge in [-0.1, -0.05) is 77.6 Å². The number of unbranched alkanes of at least 4 members (excludes halogenated alkanes) is 10. The average molecular weight is 359 g/mol. The minimum Gasteiger partial charge on any atom is -0.481 e. The van der Waals surface area contributed by atoms with Crippen LogP contribution in [0.1, 0.15) is 116 Å². The lowest BCUT2D eigenvalue weighted by molar-refractivity contribution is -0.137. The van der Waals surface area contributed by atoms with Crippen molar-refractivity contribution >= 4 is 5.97 Å². The van der Waals surface area contributed by atoms with Crippen LogP contribution in [0, 0.1) is 0 Å². The van der Waals surface area contributed by atoms with E-state index in [1.165, 1.54) is 38.5 Å². The van der Waals surface area contributed by atoms with Crippen LogP contribution in [-0.4, -0.2) is 33.5 Å². The van der Waals surface area contributed by atoms with Crippen molar-refractivity contribution in [2.75, 3.05) is 0 Å². The molecule has 0 rings (SSSR count). The molecule has 0 aliphatic rings. The van der Waals surface area contributed by atoms with E-state index >= 15 is 0 Å². The molecule has 0 aliphatic carbocycles. The van der Waals surface area contributed by atoms with Crippen LogP contribution in [0.3, 0.4) is 0 Å². The van der Waals surface area contributed by atoms with Crippen LogP contribution in [0.5, 0.6) is 0 Å². The Morgan fingerprint density at radius 1 is 0.640 bits per heavy atom. The minimum absolute atomic E-state index is 0.237. The first kappa shape index (κ1) is 24.4. The zero-order chi connectivity index (χ0) is 18.8. The van der Waals surface area contributed by atoms with Gasteiger partial charge in [0, 0.05) is 6.42 Å². The third-order valence-corrected chi connectivity index (χ3v) is 4.90. The molecule has 0 saturated heterocycles. The molecule has 0 aromatic rings. The summed E-state index contributed by atoms with van der Waals surface area (Å²) in [6.07, 6.45) is 16.7. The first-order valence-corrected chi connectivity index (χ1v) is 10.6. The summed E-state index contributed by atoms with van der Waals surface area (Å²) in [5, 5.41) is 28.3. The second-order valence-corrected chi connectivity index (χ2v) is 7.50. The maximum atomic E-state index is 10.4. The lowest BCUT2D eigenvalue weighted by atomic mass is 10.0. The Balaban J connectivity index is 3.23. The number of rotatable bonds is 19. The molecule has 0 spiro atoms. The Morgan fingerprint density at radius 2 is 1.04 bits per heavy atom. The van der Waals surface area contributed by atoms with E-state index in [0.717, 1.165) is 64.2 Å². The Morgan fingerprint density at radius 3 is 1.48 bits per heavy atom. The van der Waals surface area contributed by atoms with Crippen molar-refractivity contribution in [3.05, 3.63) is 0 Å². The highest BCUT2D eigenvalue weighted by Gasteiger charge is 2.08. The van der Waals surface area contributed by atoms with Crippen LogP contribution in [0.4, 0.5) is 0 Å². The van der Waals surface area contributed by atoms with Gasteiger partial charge in [-0.2, -0.15) is 0 Å². The lowest BCUT2D eigenvalue weighted by Gasteiger charge is -2.14. The number of aliphatic carboxylic acids is 1. The van der Waals surface area contributed by atoms with Crippen molar-refractivity contribution in [3.63, 3.8) is 0 Å². The van der Waals surface area contributed by atoms with Gasteiger partial charge in [-0.3, -0.25) is 4.79 Å². The largest absolute Gasteiger partial charge is 0.481 e. The number of carbonyl (C=O) groups is 1. The molecule has 150 valence electrons. The minimum atomic E-state index is -0.683. The fourth-order valence-corrected chi connectivity index (χ4v) is 3.18. The van der Waals surface area contributed by atoms with Crippen LogP contribution in [0.15, 0.2) is 0 Å². The van der Waals surface area contributed by atoms with Crippen LogP contribution >= 0.6 is 0 Å².